The summed E-state index contributed by atoms with van der Waals surface area (Å²) in [7, 11) is 0. The van der Waals surface area contributed by atoms with Crippen LogP contribution < -0.4 is 0 Å². The molecule has 7 heteroatoms. The highest BCUT2D eigenvalue weighted by atomic mass is 35.6. The highest BCUT2D eigenvalue weighted by Gasteiger charge is 2.29. The highest BCUT2D eigenvalue weighted by molar-refractivity contribution is 6.67. The topological polar surface area (TPSA) is 0 Å². The van der Waals surface area contributed by atoms with Gasteiger partial charge in [-0.25, -0.2) is 4.39 Å². The Morgan fingerprint density at radius 2 is 1.43 bits per heavy atom. The van der Waals surface area contributed by atoms with Crippen molar-refractivity contribution in [2.24, 2.45) is 0 Å². The van der Waals surface area contributed by atoms with E-state index in [1.165, 1.54) is 0 Å². The van der Waals surface area contributed by atoms with Crippen LogP contribution in [0.25, 0.3) is 0 Å². The average Bonchev–Trinajstić information content (AvgIpc) is 2.06. The van der Waals surface area contributed by atoms with Gasteiger partial charge in [-0.1, -0.05) is 69.6 Å². The Labute approximate surface area is 110 Å². The molecular formula is C7HCl6F. The molecule has 14 heavy (non-hydrogen) atoms. The van der Waals surface area contributed by atoms with E-state index in [9.17, 15) is 4.39 Å². The van der Waals surface area contributed by atoms with E-state index >= 15 is 0 Å². The van der Waals surface area contributed by atoms with Gasteiger partial charge < -0.3 is 0 Å². The van der Waals surface area contributed by atoms with Gasteiger partial charge in [-0.15, -0.1) is 0 Å². The van der Waals surface area contributed by atoms with Crippen LogP contribution in [0.1, 0.15) is 5.56 Å². The van der Waals surface area contributed by atoms with E-state index < -0.39 is 9.61 Å². The molecule has 0 spiro atoms. The minimum Gasteiger partial charge on any atom is -0.205 e. The van der Waals surface area contributed by atoms with E-state index in [4.69, 9.17) is 69.6 Å². The number of hydrogen-bond donors (Lipinski definition) is 0. The minimum atomic E-state index is -1.84. The number of alkyl halides is 3. The van der Waals surface area contributed by atoms with Gasteiger partial charge >= 0.3 is 0 Å². The Hall–Kier alpha value is 0.890. The first-order chi connectivity index (χ1) is 6.25. The van der Waals surface area contributed by atoms with Crippen molar-refractivity contribution in [3.05, 3.63) is 32.5 Å². The van der Waals surface area contributed by atoms with Crippen molar-refractivity contribution in [2.45, 2.75) is 3.79 Å². The van der Waals surface area contributed by atoms with Crippen LogP contribution in [0.15, 0.2) is 6.07 Å². The third kappa shape index (κ3) is 2.52. The molecule has 0 aliphatic heterocycles. The second kappa shape index (κ2) is 4.40. The molecular weight excluding hydrogens is 316 g/mol. The van der Waals surface area contributed by atoms with Crippen molar-refractivity contribution in [1.82, 2.24) is 0 Å². The largest absolute Gasteiger partial charge is 0.217 e. The average molecular weight is 317 g/mol. The monoisotopic (exact) mass is 314 g/mol. The van der Waals surface area contributed by atoms with E-state index in [2.05, 4.69) is 0 Å². The van der Waals surface area contributed by atoms with Crippen molar-refractivity contribution < 1.29 is 4.39 Å². The molecule has 1 rings (SSSR count). The van der Waals surface area contributed by atoms with Crippen LogP contribution in [0.2, 0.25) is 15.1 Å². The fraction of sp³-hybridized carbons (Fsp3) is 0.143. The van der Waals surface area contributed by atoms with Gasteiger partial charge in [0.1, 0.15) is 5.82 Å². The fourth-order valence-electron chi connectivity index (χ4n) is 0.779. The maximum atomic E-state index is 13.1. The molecule has 0 nitrogen and oxygen atoms in total. The van der Waals surface area contributed by atoms with E-state index in [0.717, 1.165) is 6.07 Å². The summed E-state index contributed by atoms with van der Waals surface area (Å²) in [6, 6.07) is 0.934. The molecule has 0 unspecified atom stereocenters. The zero-order chi connectivity index (χ0) is 11.1. The van der Waals surface area contributed by atoms with Crippen molar-refractivity contribution in [1.29, 1.82) is 0 Å². The van der Waals surface area contributed by atoms with Gasteiger partial charge in [0.25, 0.3) is 0 Å². The Bertz CT molecular complexity index is 369. The molecule has 0 aliphatic carbocycles. The Balaban J connectivity index is 3.49. The van der Waals surface area contributed by atoms with Crippen molar-refractivity contribution >= 4 is 69.6 Å². The highest BCUT2D eigenvalue weighted by Crippen LogP contribution is 2.46. The summed E-state index contributed by atoms with van der Waals surface area (Å²) in [6.07, 6.45) is 0. The molecule has 0 bridgehead atoms. The van der Waals surface area contributed by atoms with E-state index in [1.807, 2.05) is 0 Å². The number of rotatable bonds is 0. The molecule has 0 radical (unpaired) electrons. The lowest BCUT2D eigenvalue weighted by Gasteiger charge is -2.15. The van der Waals surface area contributed by atoms with Crippen molar-refractivity contribution in [3.8, 4) is 0 Å². The molecule has 0 atom stereocenters. The summed E-state index contributed by atoms with van der Waals surface area (Å²) >= 11 is 33.4. The first-order valence-corrected chi connectivity index (χ1v) is 5.42. The Kier molecular flexibility index (Phi) is 4.08. The SMILES string of the molecule is Fc1cc(C(Cl)(Cl)Cl)c(Cl)c(Cl)c1Cl. The summed E-state index contributed by atoms with van der Waals surface area (Å²) < 4.78 is 11.3. The van der Waals surface area contributed by atoms with Crippen molar-refractivity contribution in [2.75, 3.05) is 0 Å². The number of halogens is 7. The summed E-state index contributed by atoms with van der Waals surface area (Å²) in [4.78, 5) is 0. The predicted molar refractivity (Wildman–Crippen MR) is 60.7 cm³/mol. The zero-order valence-corrected chi connectivity index (χ0v) is 10.8. The summed E-state index contributed by atoms with van der Waals surface area (Å²) in [5.74, 6) is -0.789. The van der Waals surface area contributed by atoms with Crippen molar-refractivity contribution in [3.63, 3.8) is 0 Å². The lowest BCUT2D eigenvalue weighted by Crippen LogP contribution is -2.02. The number of hydrogen-bond acceptors (Lipinski definition) is 0. The van der Waals surface area contributed by atoms with Crippen LogP contribution in [-0.4, -0.2) is 0 Å². The maximum absolute atomic E-state index is 13.1. The molecule has 0 amide bonds. The molecule has 0 N–H and O–H groups in total. The first-order valence-electron chi connectivity index (χ1n) is 3.15. The van der Waals surface area contributed by atoms with E-state index in [1.54, 1.807) is 0 Å². The standard InChI is InChI=1S/C7HCl6F/c8-4-2(7(11,12)13)1-3(14)5(9)6(4)10/h1H. The van der Waals surface area contributed by atoms with Crippen LogP contribution in [-0.2, 0) is 3.79 Å². The summed E-state index contributed by atoms with van der Waals surface area (Å²) in [5, 5.41) is -0.539. The maximum Gasteiger partial charge on any atom is 0.217 e. The molecule has 0 saturated carbocycles. The van der Waals surface area contributed by atoms with E-state index in [0.29, 0.717) is 0 Å². The molecule has 0 fully saturated rings. The minimum absolute atomic E-state index is 0.0453. The fourth-order valence-corrected chi connectivity index (χ4v) is 2.05. The molecule has 1 aromatic carbocycles. The summed E-state index contributed by atoms with van der Waals surface area (Å²) in [5.41, 5.74) is -0.0453. The molecule has 0 aliphatic rings. The third-order valence-electron chi connectivity index (χ3n) is 1.41. The molecule has 0 aromatic heterocycles. The predicted octanol–water partition coefficient (Wildman–Crippen LogP) is 5.61. The number of benzene rings is 1. The second-order valence-corrected chi connectivity index (χ2v) is 5.76. The van der Waals surface area contributed by atoms with Crippen LogP contribution in [0.5, 0.6) is 0 Å². The molecule has 0 heterocycles. The molecule has 0 saturated heterocycles. The normalized spacial score (nSPS) is 11.9. The van der Waals surface area contributed by atoms with Gasteiger partial charge in [0.05, 0.1) is 15.1 Å². The zero-order valence-electron chi connectivity index (χ0n) is 6.22. The van der Waals surface area contributed by atoms with Gasteiger partial charge in [-0.3, -0.25) is 0 Å². The van der Waals surface area contributed by atoms with Crippen LogP contribution in [0, 0.1) is 5.82 Å². The summed E-state index contributed by atoms with van der Waals surface area (Å²) in [6.45, 7) is 0. The van der Waals surface area contributed by atoms with E-state index in [-0.39, 0.29) is 20.6 Å². The lowest BCUT2D eigenvalue weighted by atomic mass is 10.2. The van der Waals surface area contributed by atoms with Crippen LogP contribution in [0.3, 0.4) is 0 Å². The van der Waals surface area contributed by atoms with Gasteiger partial charge in [0, 0.05) is 5.56 Å². The van der Waals surface area contributed by atoms with Gasteiger partial charge in [0.15, 0.2) is 0 Å². The quantitative estimate of drug-likeness (QED) is 0.331. The van der Waals surface area contributed by atoms with Gasteiger partial charge in [-0.2, -0.15) is 0 Å². The second-order valence-electron chi connectivity index (χ2n) is 2.35. The lowest BCUT2D eigenvalue weighted by molar-refractivity contribution is 0.626. The Morgan fingerprint density at radius 3 is 1.86 bits per heavy atom. The first kappa shape index (κ1) is 13.0. The molecule has 1 aromatic rings. The van der Waals surface area contributed by atoms with Gasteiger partial charge in [-0.05, 0) is 6.07 Å². The van der Waals surface area contributed by atoms with Gasteiger partial charge in [0.2, 0.25) is 3.79 Å². The smallest absolute Gasteiger partial charge is 0.205 e. The third-order valence-corrected chi connectivity index (χ3v) is 3.35. The molecule has 78 valence electrons. The van der Waals surface area contributed by atoms with Crippen LogP contribution in [0.4, 0.5) is 4.39 Å². The van der Waals surface area contributed by atoms with Crippen LogP contribution >= 0.6 is 69.6 Å². The Morgan fingerprint density at radius 1 is 0.929 bits per heavy atom.